The van der Waals surface area contributed by atoms with Crippen molar-refractivity contribution < 1.29 is 22.7 Å². The first-order valence-corrected chi connectivity index (χ1v) is 13.3. The molecule has 0 aliphatic carbocycles. The second kappa shape index (κ2) is 10.3. The van der Waals surface area contributed by atoms with Crippen molar-refractivity contribution in [2.45, 2.75) is 50.2 Å². The van der Waals surface area contributed by atoms with Crippen LogP contribution in [-0.2, 0) is 24.2 Å². The molecule has 2 N–H and O–H groups in total. The average molecular weight is 539 g/mol. The van der Waals surface area contributed by atoms with E-state index in [1.165, 1.54) is 4.90 Å². The van der Waals surface area contributed by atoms with Crippen molar-refractivity contribution in [1.82, 2.24) is 4.90 Å². The van der Waals surface area contributed by atoms with Crippen molar-refractivity contribution in [3.63, 3.8) is 0 Å². The summed E-state index contributed by atoms with van der Waals surface area (Å²) < 4.78 is 31.1. The number of primary amides is 1. The molecule has 1 aliphatic rings. The van der Waals surface area contributed by atoms with Gasteiger partial charge in [0.15, 0.2) is 9.84 Å². The quantitative estimate of drug-likeness (QED) is 0.553. The number of carbonyl (C=O) groups is 2. The highest BCUT2D eigenvalue weighted by Gasteiger charge is 2.46. The number of sulfone groups is 1. The van der Waals surface area contributed by atoms with Gasteiger partial charge in [0.25, 0.3) is 5.91 Å². The highest BCUT2D eigenvalue weighted by Crippen LogP contribution is 2.45. The SMILES string of the molecule is C=C(CS(=O)(=O)C(C)(C)C)N1C(=O)[C@H](CC(N)=O)O[C@H](c2cccc(Cl)c2)[C@H]1c1ccc(Cl)cc1. The number of morpholine rings is 1. The summed E-state index contributed by atoms with van der Waals surface area (Å²) in [6.45, 7) is 8.73. The summed E-state index contributed by atoms with van der Waals surface area (Å²) in [7, 11) is -3.68. The maximum Gasteiger partial charge on any atom is 0.257 e. The van der Waals surface area contributed by atoms with E-state index < -0.39 is 50.4 Å². The van der Waals surface area contributed by atoms with E-state index in [0.29, 0.717) is 21.2 Å². The van der Waals surface area contributed by atoms with Gasteiger partial charge in [0, 0.05) is 15.7 Å². The van der Waals surface area contributed by atoms with Gasteiger partial charge in [-0.3, -0.25) is 9.59 Å². The van der Waals surface area contributed by atoms with Crippen molar-refractivity contribution in [2.75, 3.05) is 5.75 Å². The first kappa shape index (κ1) is 27.2. The number of halogens is 2. The molecule has 0 bridgehead atoms. The van der Waals surface area contributed by atoms with E-state index in [0.717, 1.165) is 0 Å². The monoisotopic (exact) mass is 538 g/mol. The van der Waals surface area contributed by atoms with Crippen LogP contribution in [0.2, 0.25) is 10.0 Å². The Morgan fingerprint density at radius 2 is 1.71 bits per heavy atom. The number of amides is 2. The molecule has 1 saturated heterocycles. The Labute approximate surface area is 215 Å². The summed E-state index contributed by atoms with van der Waals surface area (Å²) in [4.78, 5) is 26.7. The molecule has 1 fully saturated rings. The predicted octanol–water partition coefficient (Wildman–Crippen LogP) is 4.61. The van der Waals surface area contributed by atoms with Crippen molar-refractivity contribution >= 4 is 44.9 Å². The molecule has 0 unspecified atom stereocenters. The molecule has 1 heterocycles. The highest BCUT2D eigenvalue weighted by molar-refractivity contribution is 7.92. The van der Waals surface area contributed by atoms with Crippen molar-refractivity contribution in [3.8, 4) is 0 Å². The lowest BCUT2D eigenvalue weighted by atomic mass is 9.91. The van der Waals surface area contributed by atoms with Crippen molar-refractivity contribution in [2.24, 2.45) is 5.73 Å². The van der Waals surface area contributed by atoms with E-state index in [9.17, 15) is 18.0 Å². The van der Waals surface area contributed by atoms with E-state index in [-0.39, 0.29) is 12.1 Å². The lowest BCUT2D eigenvalue weighted by Crippen LogP contribution is -2.52. The Kier molecular flexibility index (Phi) is 8.01. The smallest absolute Gasteiger partial charge is 0.257 e. The summed E-state index contributed by atoms with van der Waals surface area (Å²) in [5, 5.41) is 0.938. The Bertz CT molecular complexity index is 1240. The van der Waals surface area contributed by atoms with Crippen LogP contribution in [0.5, 0.6) is 0 Å². The lowest BCUT2D eigenvalue weighted by molar-refractivity contribution is -0.172. The summed E-state index contributed by atoms with van der Waals surface area (Å²) >= 11 is 12.3. The van der Waals surface area contributed by atoms with E-state index in [1.807, 2.05) is 0 Å². The number of hydrogen-bond acceptors (Lipinski definition) is 5. The van der Waals surface area contributed by atoms with Gasteiger partial charge in [0.2, 0.25) is 5.91 Å². The fourth-order valence-electron chi connectivity index (χ4n) is 3.84. The molecular weight excluding hydrogens is 511 g/mol. The minimum absolute atomic E-state index is 0.0645. The fourth-order valence-corrected chi connectivity index (χ4v) is 5.18. The van der Waals surface area contributed by atoms with Gasteiger partial charge in [-0.2, -0.15) is 0 Å². The predicted molar refractivity (Wildman–Crippen MR) is 137 cm³/mol. The Hall–Kier alpha value is -2.39. The van der Waals surface area contributed by atoms with Crippen LogP contribution in [0.4, 0.5) is 0 Å². The van der Waals surface area contributed by atoms with Gasteiger partial charge in [0.1, 0.15) is 12.2 Å². The van der Waals surface area contributed by atoms with Crippen LogP contribution in [0.15, 0.2) is 60.8 Å². The second-order valence-corrected chi connectivity index (χ2v) is 13.0. The maximum atomic E-state index is 13.6. The van der Waals surface area contributed by atoms with Crippen molar-refractivity contribution in [3.05, 3.63) is 82.0 Å². The van der Waals surface area contributed by atoms with Crippen LogP contribution < -0.4 is 5.73 Å². The maximum absolute atomic E-state index is 13.6. The fraction of sp³-hybridized carbons (Fsp3) is 0.360. The molecule has 7 nitrogen and oxygen atoms in total. The largest absolute Gasteiger partial charge is 0.370 e. The zero-order valence-electron chi connectivity index (χ0n) is 19.7. The van der Waals surface area contributed by atoms with Gasteiger partial charge >= 0.3 is 0 Å². The number of hydrogen-bond donors (Lipinski definition) is 1. The van der Waals surface area contributed by atoms with Crippen LogP contribution in [-0.4, -0.2) is 41.7 Å². The molecule has 2 aromatic carbocycles. The molecule has 2 aromatic rings. The van der Waals surface area contributed by atoms with E-state index in [2.05, 4.69) is 6.58 Å². The third-order valence-corrected chi connectivity index (χ3v) is 8.86. The van der Waals surface area contributed by atoms with Gasteiger partial charge in [-0.1, -0.05) is 54.0 Å². The van der Waals surface area contributed by atoms with Crippen LogP contribution in [0.3, 0.4) is 0 Å². The van der Waals surface area contributed by atoms with Crippen molar-refractivity contribution in [1.29, 1.82) is 0 Å². The number of ether oxygens (including phenoxy) is 1. The average Bonchev–Trinajstić information content (AvgIpc) is 2.74. The molecule has 0 aromatic heterocycles. The molecule has 1 aliphatic heterocycles. The molecule has 0 radical (unpaired) electrons. The van der Waals surface area contributed by atoms with E-state index in [4.69, 9.17) is 33.7 Å². The van der Waals surface area contributed by atoms with E-state index in [1.54, 1.807) is 69.3 Å². The summed E-state index contributed by atoms with van der Waals surface area (Å²) in [6.07, 6.45) is -2.40. The zero-order valence-corrected chi connectivity index (χ0v) is 22.0. The number of carbonyl (C=O) groups excluding carboxylic acids is 2. The minimum atomic E-state index is -3.68. The number of nitrogens with two attached hydrogens (primary N) is 1. The van der Waals surface area contributed by atoms with Gasteiger partial charge in [-0.25, -0.2) is 8.42 Å². The van der Waals surface area contributed by atoms with Crippen LogP contribution in [0.1, 0.15) is 50.5 Å². The normalized spacial score (nSPS) is 21.1. The van der Waals surface area contributed by atoms with Gasteiger partial charge in [-0.05, 0) is 56.2 Å². The second-order valence-electron chi connectivity index (χ2n) is 9.41. The standard InChI is InChI=1S/C25H28Cl2N2O5S/c1-15(14-35(32,33)25(2,3)4)29-22(16-8-10-18(26)11-9-16)23(17-6-5-7-19(27)12-17)34-20(24(29)31)13-21(28)30/h5-12,20,22-23H,1,13-14H2,2-4H3,(H2,28,30)/t20-,22+,23+/m0/s1. The molecule has 3 atom stereocenters. The highest BCUT2D eigenvalue weighted by atomic mass is 35.5. The van der Waals surface area contributed by atoms with E-state index >= 15 is 0 Å². The third-order valence-electron chi connectivity index (χ3n) is 5.79. The molecule has 0 spiro atoms. The minimum Gasteiger partial charge on any atom is -0.370 e. The summed E-state index contributed by atoms with van der Waals surface area (Å²) in [6, 6.07) is 12.9. The van der Waals surface area contributed by atoms with Gasteiger partial charge in [-0.15, -0.1) is 0 Å². The Morgan fingerprint density at radius 3 is 2.26 bits per heavy atom. The molecular formula is C25H28Cl2N2O5S. The first-order chi connectivity index (χ1) is 16.2. The zero-order chi connectivity index (χ0) is 26.1. The summed E-state index contributed by atoms with van der Waals surface area (Å²) in [5.74, 6) is -1.79. The summed E-state index contributed by atoms with van der Waals surface area (Å²) in [5.41, 5.74) is 6.73. The first-order valence-electron chi connectivity index (χ1n) is 10.9. The molecule has 10 heteroatoms. The molecule has 35 heavy (non-hydrogen) atoms. The number of nitrogens with zero attached hydrogens (tertiary/aromatic N) is 1. The van der Waals surface area contributed by atoms with Crippen LogP contribution in [0, 0.1) is 0 Å². The molecule has 0 saturated carbocycles. The van der Waals surface area contributed by atoms with Gasteiger partial charge < -0.3 is 15.4 Å². The number of benzene rings is 2. The molecule has 3 rings (SSSR count). The van der Waals surface area contributed by atoms with Crippen LogP contribution in [0.25, 0.3) is 0 Å². The topological polar surface area (TPSA) is 107 Å². The van der Waals surface area contributed by atoms with Gasteiger partial charge in [0.05, 0.1) is 23.0 Å². The molecule has 188 valence electrons. The Balaban J connectivity index is 2.19. The molecule has 2 amide bonds. The number of rotatable bonds is 7. The van der Waals surface area contributed by atoms with Crippen LogP contribution >= 0.6 is 23.2 Å². The lowest BCUT2D eigenvalue weighted by Gasteiger charge is -2.45. The Morgan fingerprint density at radius 1 is 1.09 bits per heavy atom. The third kappa shape index (κ3) is 6.06.